The number of aromatic nitrogens is 4. The van der Waals surface area contributed by atoms with Gasteiger partial charge in [-0.2, -0.15) is 0 Å². The highest BCUT2D eigenvalue weighted by molar-refractivity contribution is 5.55. The van der Waals surface area contributed by atoms with E-state index in [1.807, 2.05) is 43.0 Å². The smallest absolute Gasteiger partial charge is 0.140 e. The third-order valence-electron chi connectivity index (χ3n) is 4.88. The lowest BCUT2D eigenvalue weighted by molar-refractivity contribution is 0.168. The molecule has 4 rings (SSSR count). The molecule has 0 aliphatic carbocycles. The molecule has 0 saturated carbocycles. The Kier molecular flexibility index (Phi) is 4.57. The maximum absolute atomic E-state index is 4.67. The summed E-state index contributed by atoms with van der Waals surface area (Å²) in [5, 5.41) is 0. The zero-order valence-corrected chi connectivity index (χ0v) is 14.5. The van der Waals surface area contributed by atoms with Crippen molar-refractivity contribution in [3.8, 4) is 11.4 Å². The number of hydrogen-bond donors (Lipinski definition) is 0. The fourth-order valence-electron chi connectivity index (χ4n) is 3.73. The van der Waals surface area contributed by atoms with E-state index in [9.17, 15) is 0 Å². The molecule has 1 unspecified atom stereocenters. The lowest BCUT2D eigenvalue weighted by Gasteiger charge is -2.34. The number of pyridine rings is 2. The Morgan fingerprint density at radius 2 is 1.96 bits per heavy atom. The molecule has 0 spiro atoms. The van der Waals surface area contributed by atoms with Crippen molar-refractivity contribution in [2.75, 3.05) is 13.1 Å². The van der Waals surface area contributed by atoms with Crippen LogP contribution in [-0.2, 0) is 6.54 Å². The highest BCUT2D eigenvalue weighted by Gasteiger charge is 2.25. The fourth-order valence-corrected chi connectivity index (χ4v) is 3.73. The van der Waals surface area contributed by atoms with Gasteiger partial charge in [-0.15, -0.1) is 0 Å². The first-order chi connectivity index (χ1) is 12.3. The van der Waals surface area contributed by atoms with Gasteiger partial charge >= 0.3 is 0 Å². The summed E-state index contributed by atoms with van der Waals surface area (Å²) in [4.78, 5) is 15.8. The second-order valence-corrected chi connectivity index (χ2v) is 6.68. The van der Waals surface area contributed by atoms with Crippen LogP contribution in [0.4, 0.5) is 0 Å². The van der Waals surface area contributed by atoms with Crippen LogP contribution in [0.5, 0.6) is 0 Å². The van der Waals surface area contributed by atoms with Crippen LogP contribution in [0.1, 0.15) is 30.3 Å². The first-order valence-corrected chi connectivity index (χ1v) is 8.88. The molecule has 1 fully saturated rings. The number of hydrogen-bond acceptors (Lipinski definition) is 4. The van der Waals surface area contributed by atoms with E-state index in [4.69, 9.17) is 0 Å². The van der Waals surface area contributed by atoms with Gasteiger partial charge in [0.05, 0.1) is 5.69 Å². The molecule has 1 atom stereocenters. The van der Waals surface area contributed by atoms with Crippen molar-refractivity contribution < 1.29 is 0 Å². The van der Waals surface area contributed by atoms with Crippen molar-refractivity contribution in [1.29, 1.82) is 0 Å². The minimum Gasteiger partial charge on any atom is -0.324 e. The van der Waals surface area contributed by atoms with Gasteiger partial charge in [0.25, 0.3) is 0 Å². The number of likely N-dealkylation sites (tertiary alicyclic amines) is 1. The maximum Gasteiger partial charge on any atom is 0.140 e. The van der Waals surface area contributed by atoms with Crippen molar-refractivity contribution in [1.82, 2.24) is 24.4 Å². The van der Waals surface area contributed by atoms with Crippen LogP contribution in [0.15, 0.2) is 55.1 Å². The Morgan fingerprint density at radius 1 is 1.08 bits per heavy atom. The van der Waals surface area contributed by atoms with Gasteiger partial charge in [-0.1, -0.05) is 6.07 Å². The van der Waals surface area contributed by atoms with Gasteiger partial charge < -0.3 is 4.57 Å². The molecule has 0 N–H and O–H groups in total. The Morgan fingerprint density at radius 3 is 2.76 bits per heavy atom. The van der Waals surface area contributed by atoms with E-state index in [-0.39, 0.29) is 0 Å². The maximum atomic E-state index is 4.67. The first kappa shape index (κ1) is 16.0. The van der Waals surface area contributed by atoms with Crippen LogP contribution in [0.2, 0.25) is 0 Å². The highest BCUT2D eigenvalue weighted by atomic mass is 15.2. The highest BCUT2D eigenvalue weighted by Crippen LogP contribution is 2.29. The number of nitrogens with zero attached hydrogens (tertiary/aromatic N) is 5. The van der Waals surface area contributed by atoms with Crippen LogP contribution in [-0.4, -0.2) is 37.5 Å². The molecule has 0 bridgehead atoms. The van der Waals surface area contributed by atoms with Crippen molar-refractivity contribution in [3.63, 3.8) is 0 Å². The molecule has 5 nitrogen and oxygen atoms in total. The topological polar surface area (TPSA) is 46.8 Å². The average molecular weight is 333 g/mol. The van der Waals surface area contributed by atoms with Gasteiger partial charge in [0, 0.05) is 55.2 Å². The minimum absolute atomic E-state index is 0.447. The summed E-state index contributed by atoms with van der Waals surface area (Å²) in [7, 11) is 0. The lowest BCUT2D eigenvalue weighted by Crippen LogP contribution is -2.36. The van der Waals surface area contributed by atoms with E-state index < -0.39 is 0 Å². The van der Waals surface area contributed by atoms with Crippen molar-refractivity contribution in [3.05, 3.63) is 66.5 Å². The Bertz CT molecular complexity index is 813. The molecule has 1 aliphatic rings. The van der Waals surface area contributed by atoms with Crippen LogP contribution < -0.4 is 0 Å². The molecule has 0 aromatic carbocycles. The SMILES string of the molecule is Cc1cnc(-c2ccncc2)n1C1CCCN(Cc2ccccn2)C1. The standard InChI is InChI=1S/C20H23N5/c1-16-13-23-20(17-7-10-21-11-8-17)25(16)19-6-4-12-24(15-19)14-18-5-2-3-9-22-18/h2-3,5,7-11,13,19H,4,6,12,14-15H2,1H3. The third-order valence-corrected chi connectivity index (χ3v) is 4.88. The van der Waals surface area contributed by atoms with Crippen LogP contribution in [0.3, 0.4) is 0 Å². The molecular formula is C20H23N5. The summed E-state index contributed by atoms with van der Waals surface area (Å²) in [5.41, 5.74) is 3.49. The van der Waals surface area contributed by atoms with E-state index in [2.05, 4.69) is 43.5 Å². The molecule has 1 saturated heterocycles. The van der Waals surface area contributed by atoms with Gasteiger partial charge in [0.1, 0.15) is 5.82 Å². The summed E-state index contributed by atoms with van der Waals surface area (Å²) >= 11 is 0. The predicted molar refractivity (Wildman–Crippen MR) is 98.0 cm³/mol. The molecule has 128 valence electrons. The molecule has 5 heteroatoms. The zero-order chi connectivity index (χ0) is 17.1. The van der Waals surface area contributed by atoms with E-state index >= 15 is 0 Å². The fraction of sp³-hybridized carbons (Fsp3) is 0.350. The van der Waals surface area contributed by atoms with Crippen LogP contribution in [0, 0.1) is 6.92 Å². The Labute approximate surface area is 148 Å². The minimum atomic E-state index is 0.447. The van der Waals surface area contributed by atoms with E-state index in [0.29, 0.717) is 6.04 Å². The van der Waals surface area contributed by atoms with Crippen LogP contribution >= 0.6 is 0 Å². The molecule has 0 amide bonds. The monoisotopic (exact) mass is 333 g/mol. The van der Waals surface area contributed by atoms with Crippen molar-refractivity contribution in [2.24, 2.45) is 0 Å². The zero-order valence-electron chi connectivity index (χ0n) is 14.5. The van der Waals surface area contributed by atoms with E-state index in [1.165, 1.54) is 18.5 Å². The predicted octanol–water partition coefficient (Wildman–Crippen LogP) is 3.49. The summed E-state index contributed by atoms with van der Waals surface area (Å²) < 4.78 is 2.40. The number of rotatable bonds is 4. The van der Waals surface area contributed by atoms with E-state index in [1.54, 1.807) is 0 Å². The Balaban J connectivity index is 1.57. The van der Waals surface area contributed by atoms with Gasteiger partial charge in [0.15, 0.2) is 0 Å². The Hall–Kier alpha value is -2.53. The molecule has 4 heterocycles. The van der Waals surface area contributed by atoms with Gasteiger partial charge in [-0.25, -0.2) is 4.98 Å². The quantitative estimate of drug-likeness (QED) is 0.733. The summed E-state index contributed by atoms with van der Waals surface area (Å²) in [6, 6.07) is 10.7. The molecule has 0 radical (unpaired) electrons. The molecule has 25 heavy (non-hydrogen) atoms. The van der Waals surface area contributed by atoms with E-state index in [0.717, 1.165) is 36.7 Å². The summed E-state index contributed by atoms with van der Waals surface area (Å²) in [6.07, 6.45) is 9.90. The number of piperidine rings is 1. The van der Waals surface area contributed by atoms with Crippen LogP contribution in [0.25, 0.3) is 11.4 Å². The molecular weight excluding hydrogens is 310 g/mol. The second-order valence-electron chi connectivity index (χ2n) is 6.68. The third kappa shape index (κ3) is 3.46. The summed E-state index contributed by atoms with van der Waals surface area (Å²) in [6.45, 7) is 5.22. The first-order valence-electron chi connectivity index (χ1n) is 8.88. The van der Waals surface area contributed by atoms with Crippen molar-refractivity contribution in [2.45, 2.75) is 32.4 Å². The molecule has 1 aliphatic heterocycles. The number of aryl methyl sites for hydroxylation is 1. The molecule has 3 aromatic heterocycles. The normalized spacial score (nSPS) is 18.4. The largest absolute Gasteiger partial charge is 0.324 e. The molecule has 3 aromatic rings. The summed E-state index contributed by atoms with van der Waals surface area (Å²) in [5.74, 6) is 1.05. The van der Waals surface area contributed by atoms with Crippen molar-refractivity contribution >= 4 is 0 Å². The van der Waals surface area contributed by atoms with Gasteiger partial charge in [-0.05, 0) is 50.6 Å². The number of imidazole rings is 1. The average Bonchev–Trinajstić information content (AvgIpc) is 3.05. The van der Waals surface area contributed by atoms with Gasteiger partial charge in [-0.3, -0.25) is 14.9 Å². The van der Waals surface area contributed by atoms with Gasteiger partial charge in [0.2, 0.25) is 0 Å². The lowest BCUT2D eigenvalue weighted by atomic mass is 10.0. The second kappa shape index (κ2) is 7.15.